The van der Waals surface area contributed by atoms with Gasteiger partial charge in [-0.25, -0.2) is 0 Å². The van der Waals surface area contributed by atoms with Crippen LogP contribution in [0.15, 0.2) is 35.3 Å². The van der Waals surface area contributed by atoms with Crippen molar-refractivity contribution in [3.05, 3.63) is 35.9 Å². The molecule has 3 fully saturated rings. The molecule has 0 saturated carbocycles. The number of piperazine rings is 3. The van der Waals surface area contributed by atoms with Crippen LogP contribution in [0.1, 0.15) is 19.4 Å². The normalized spacial score (nSPS) is 26.0. The summed E-state index contributed by atoms with van der Waals surface area (Å²) in [7, 11) is 0. The average Bonchev–Trinajstić information content (AvgIpc) is 2.72. The Hall–Kier alpha value is -1.63. The Morgan fingerprint density at radius 2 is 1.96 bits per heavy atom. The van der Waals surface area contributed by atoms with Crippen LogP contribution in [0.5, 0.6) is 0 Å². The number of aliphatic imine (C=N–C) groups is 1. The van der Waals surface area contributed by atoms with Crippen LogP contribution in [0.3, 0.4) is 0 Å². The fourth-order valence-electron chi connectivity index (χ4n) is 3.73. The zero-order valence-electron chi connectivity index (χ0n) is 16.9. The second-order valence-electron chi connectivity index (χ2n) is 7.70. The van der Waals surface area contributed by atoms with E-state index in [2.05, 4.69) is 46.4 Å². The highest BCUT2D eigenvalue weighted by molar-refractivity contribution is 5.79. The Kier molecular flexibility index (Phi) is 7.93. The summed E-state index contributed by atoms with van der Waals surface area (Å²) in [6.07, 6.45) is 0. The number of hydrogen-bond acceptors (Lipinski definition) is 4. The lowest BCUT2D eigenvalue weighted by Crippen LogP contribution is -2.63. The fourth-order valence-corrected chi connectivity index (χ4v) is 3.73. The summed E-state index contributed by atoms with van der Waals surface area (Å²) >= 11 is 0. The van der Waals surface area contributed by atoms with Crippen molar-refractivity contribution in [2.45, 2.75) is 26.5 Å². The topological polar surface area (TPSA) is 52.1 Å². The Bertz CT molecular complexity index is 571. The third-order valence-corrected chi connectivity index (χ3v) is 5.32. The largest absolute Gasteiger partial charge is 0.376 e. The first-order valence-corrected chi connectivity index (χ1v) is 10.3. The predicted octanol–water partition coefficient (Wildman–Crippen LogP) is 1.39. The van der Waals surface area contributed by atoms with E-state index in [0.29, 0.717) is 18.6 Å². The molecule has 6 heteroatoms. The van der Waals surface area contributed by atoms with Crippen LogP contribution < -0.4 is 10.6 Å². The maximum atomic E-state index is 5.84. The van der Waals surface area contributed by atoms with Crippen molar-refractivity contribution >= 4 is 5.96 Å². The molecule has 2 atom stereocenters. The monoisotopic (exact) mass is 373 g/mol. The molecule has 0 radical (unpaired) electrons. The SMILES string of the molecule is CCNC(=NCC(C)COCc1ccccc1)NCC1CN2CCN1CC2. The summed E-state index contributed by atoms with van der Waals surface area (Å²) in [5, 5.41) is 6.91. The maximum Gasteiger partial charge on any atom is 0.191 e. The molecule has 0 amide bonds. The molecule has 0 aliphatic carbocycles. The number of fused-ring (bicyclic) bond motifs is 3. The van der Waals surface area contributed by atoms with Gasteiger partial charge in [-0.3, -0.25) is 14.8 Å². The third-order valence-electron chi connectivity index (χ3n) is 5.32. The number of nitrogens with one attached hydrogen (secondary N) is 2. The second kappa shape index (κ2) is 10.6. The van der Waals surface area contributed by atoms with Gasteiger partial charge in [0.25, 0.3) is 0 Å². The molecule has 3 saturated heterocycles. The van der Waals surface area contributed by atoms with E-state index in [1.165, 1.54) is 38.3 Å². The van der Waals surface area contributed by atoms with Crippen LogP contribution >= 0.6 is 0 Å². The minimum absolute atomic E-state index is 0.393. The van der Waals surface area contributed by atoms with Crippen molar-refractivity contribution in [3.63, 3.8) is 0 Å². The Morgan fingerprint density at radius 3 is 2.63 bits per heavy atom. The highest BCUT2D eigenvalue weighted by atomic mass is 16.5. The minimum atomic E-state index is 0.393. The number of guanidine groups is 1. The van der Waals surface area contributed by atoms with Gasteiger partial charge in [0.05, 0.1) is 13.2 Å². The summed E-state index contributed by atoms with van der Waals surface area (Å²) in [4.78, 5) is 9.95. The summed E-state index contributed by atoms with van der Waals surface area (Å²) in [5.41, 5.74) is 1.22. The first-order chi connectivity index (χ1) is 13.2. The minimum Gasteiger partial charge on any atom is -0.376 e. The molecule has 150 valence electrons. The molecule has 1 aromatic rings. The van der Waals surface area contributed by atoms with Gasteiger partial charge in [-0.05, 0) is 18.4 Å². The number of ether oxygens (including phenoxy) is 1. The lowest BCUT2D eigenvalue weighted by molar-refractivity contribution is 0.0154. The Labute approximate surface area is 164 Å². The van der Waals surface area contributed by atoms with Crippen molar-refractivity contribution in [2.75, 3.05) is 59.0 Å². The van der Waals surface area contributed by atoms with Crippen LogP contribution in [0.2, 0.25) is 0 Å². The van der Waals surface area contributed by atoms with Gasteiger partial charge in [0.15, 0.2) is 5.96 Å². The van der Waals surface area contributed by atoms with Gasteiger partial charge in [-0.2, -0.15) is 0 Å². The summed E-state index contributed by atoms with van der Waals surface area (Å²) in [5.74, 6) is 1.31. The van der Waals surface area contributed by atoms with Crippen molar-refractivity contribution in [1.82, 2.24) is 20.4 Å². The molecule has 27 heavy (non-hydrogen) atoms. The molecule has 3 aliphatic heterocycles. The van der Waals surface area contributed by atoms with Crippen molar-refractivity contribution < 1.29 is 4.74 Å². The number of hydrogen-bond donors (Lipinski definition) is 2. The van der Waals surface area contributed by atoms with E-state index in [1.807, 2.05) is 18.2 Å². The first kappa shape index (κ1) is 20.1. The van der Waals surface area contributed by atoms with Crippen molar-refractivity contribution in [3.8, 4) is 0 Å². The van der Waals surface area contributed by atoms with Gasteiger partial charge in [0, 0.05) is 58.4 Å². The van der Waals surface area contributed by atoms with Crippen molar-refractivity contribution in [2.24, 2.45) is 10.9 Å². The van der Waals surface area contributed by atoms with E-state index in [0.717, 1.165) is 32.2 Å². The van der Waals surface area contributed by atoms with Crippen molar-refractivity contribution in [1.29, 1.82) is 0 Å². The second-order valence-corrected chi connectivity index (χ2v) is 7.70. The molecule has 6 nitrogen and oxygen atoms in total. The Balaban J connectivity index is 1.38. The van der Waals surface area contributed by atoms with E-state index in [4.69, 9.17) is 9.73 Å². The van der Waals surface area contributed by atoms with Gasteiger partial charge < -0.3 is 15.4 Å². The molecule has 0 aromatic heterocycles. The molecule has 3 heterocycles. The zero-order chi connectivity index (χ0) is 18.9. The smallest absolute Gasteiger partial charge is 0.191 e. The summed E-state index contributed by atoms with van der Waals surface area (Å²) in [6.45, 7) is 14.3. The summed E-state index contributed by atoms with van der Waals surface area (Å²) < 4.78 is 5.84. The molecule has 4 rings (SSSR count). The number of rotatable bonds is 9. The van der Waals surface area contributed by atoms with Gasteiger partial charge in [0.1, 0.15) is 0 Å². The third kappa shape index (κ3) is 6.48. The standard InChI is InChI=1S/C21H35N5O/c1-3-22-21(24-14-20-15-25-9-11-26(20)12-10-25)23-13-18(2)16-27-17-19-7-5-4-6-8-19/h4-8,18,20H,3,9-17H2,1-2H3,(H2,22,23,24). The molecule has 1 aromatic carbocycles. The van der Waals surface area contributed by atoms with Gasteiger partial charge in [-0.1, -0.05) is 37.3 Å². The average molecular weight is 374 g/mol. The fraction of sp³-hybridized carbons (Fsp3) is 0.667. The number of benzene rings is 1. The summed E-state index contributed by atoms with van der Waals surface area (Å²) in [6, 6.07) is 10.9. The lowest BCUT2D eigenvalue weighted by Gasteiger charge is -2.47. The van der Waals surface area contributed by atoms with Crippen LogP contribution in [0.25, 0.3) is 0 Å². The van der Waals surface area contributed by atoms with Gasteiger partial charge >= 0.3 is 0 Å². The van der Waals surface area contributed by atoms with Crippen LogP contribution in [0.4, 0.5) is 0 Å². The molecule has 2 bridgehead atoms. The quantitative estimate of drug-likeness (QED) is 0.506. The van der Waals surface area contributed by atoms with E-state index in [1.54, 1.807) is 0 Å². The maximum absolute atomic E-state index is 5.84. The highest BCUT2D eigenvalue weighted by Gasteiger charge is 2.31. The van der Waals surface area contributed by atoms with Gasteiger partial charge in [-0.15, -0.1) is 0 Å². The van der Waals surface area contributed by atoms with E-state index >= 15 is 0 Å². The number of nitrogens with zero attached hydrogens (tertiary/aromatic N) is 3. The zero-order valence-corrected chi connectivity index (χ0v) is 16.9. The lowest BCUT2D eigenvalue weighted by atomic mass is 10.1. The Morgan fingerprint density at radius 1 is 1.19 bits per heavy atom. The molecular weight excluding hydrogens is 338 g/mol. The molecule has 2 N–H and O–H groups in total. The molecule has 2 unspecified atom stereocenters. The molecule has 0 spiro atoms. The highest BCUT2D eigenvalue weighted by Crippen LogP contribution is 2.14. The predicted molar refractivity (Wildman–Crippen MR) is 111 cm³/mol. The van der Waals surface area contributed by atoms with Gasteiger partial charge in [0.2, 0.25) is 0 Å². The van der Waals surface area contributed by atoms with Crippen LogP contribution in [0, 0.1) is 5.92 Å². The first-order valence-electron chi connectivity index (χ1n) is 10.3. The van der Waals surface area contributed by atoms with Crippen LogP contribution in [-0.2, 0) is 11.3 Å². The van der Waals surface area contributed by atoms with E-state index in [-0.39, 0.29) is 0 Å². The molecular formula is C21H35N5O. The van der Waals surface area contributed by atoms with Crippen LogP contribution in [-0.4, -0.2) is 80.8 Å². The molecule has 3 aliphatic rings. The van der Waals surface area contributed by atoms with E-state index < -0.39 is 0 Å². The van der Waals surface area contributed by atoms with E-state index in [9.17, 15) is 0 Å².